The van der Waals surface area contributed by atoms with Gasteiger partial charge in [0.15, 0.2) is 0 Å². The molecule has 0 aliphatic carbocycles. The molecule has 0 saturated heterocycles. The molecule has 3 aromatic rings. The topological polar surface area (TPSA) is 38.9 Å². The monoisotopic (exact) mass is 316 g/mol. The summed E-state index contributed by atoms with van der Waals surface area (Å²) in [6.45, 7) is 0. The van der Waals surface area contributed by atoms with E-state index in [1.807, 2.05) is 42.5 Å². The maximum absolute atomic E-state index is 6.30. The molecule has 1 atom stereocenters. The summed E-state index contributed by atoms with van der Waals surface area (Å²) < 4.78 is 0. The number of rotatable bonds is 3. The number of halogens is 2. The Hall–Kier alpha value is -1.61. The van der Waals surface area contributed by atoms with E-state index in [0.717, 1.165) is 22.0 Å². The summed E-state index contributed by atoms with van der Waals surface area (Å²) in [6, 6.07) is 15.6. The molecule has 0 saturated carbocycles. The van der Waals surface area contributed by atoms with Crippen LogP contribution in [0.2, 0.25) is 10.0 Å². The first kappa shape index (κ1) is 14.3. The van der Waals surface area contributed by atoms with Crippen LogP contribution in [-0.4, -0.2) is 4.98 Å². The first-order valence-electron chi connectivity index (χ1n) is 6.67. The highest BCUT2D eigenvalue weighted by Gasteiger charge is 2.09. The van der Waals surface area contributed by atoms with Gasteiger partial charge in [0, 0.05) is 17.6 Å². The molecule has 2 nitrogen and oxygen atoms in total. The molecule has 1 heterocycles. The largest absolute Gasteiger partial charge is 0.324 e. The molecule has 0 radical (unpaired) electrons. The molecule has 4 heteroatoms. The molecule has 2 N–H and O–H groups in total. The number of hydrogen-bond donors (Lipinski definition) is 1. The van der Waals surface area contributed by atoms with Gasteiger partial charge in [-0.2, -0.15) is 0 Å². The van der Waals surface area contributed by atoms with E-state index in [-0.39, 0.29) is 6.04 Å². The predicted molar refractivity (Wildman–Crippen MR) is 88.8 cm³/mol. The smallest absolute Gasteiger partial charge is 0.0705 e. The molecular formula is C17H14Cl2N2. The summed E-state index contributed by atoms with van der Waals surface area (Å²) in [5.74, 6) is 0. The van der Waals surface area contributed by atoms with Crippen molar-refractivity contribution in [3.63, 3.8) is 0 Å². The predicted octanol–water partition coefficient (Wildman–Crippen LogP) is 4.78. The number of nitrogens with two attached hydrogens (primary N) is 1. The standard InChI is InChI=1S/C17H14Cl2N2/c18-14-6-3-11(8-15(14)19)9-16(20)13-5-4-12-2-1-7-21-17(12)10-13/h1-8,10,16H,9,20H2. The van der Waals surface area contributed by atoms with E-state index in [1.54, 1.807) is 12.3 Å². The summed E-state index contributed by atoms with van der Waals surface area (Å²) in [5, 5.41) is 2.23. The first-order chi connectivity index (χ1) is 10.1. The van der Waals surface area contributed by atoms with E-state index in [1.165, 1.54) is 0 Å². The molecule has 0 aliphatic heterocycles. The van der Waals surface area contributed by atoms with Gasteiger partial charge in [0.25, 0.3) is 0 Å². The minimum absolute atomic E-state index is 0.103. The zero-order valence-electron chi connectivity index (χ0n) is 11.3. The minimum atomic E-state index is -0.103. The maximum atomic E-state index is 6.30. The first-order valence-corrected chi connectivity index (χ1v) is 7.43. The summed E-state index contributed by atoms with van der Waals surface area (Å²) in [4.78, 5) is 4.36. The van der Waals surface area contributed by atoms with Crippen LogP contribution in [-0.2, 0) is 6.42 Å². The molecule has 21 heavy (non-hydrogen) atoms. The van der Waals surface area contributed by atoms with E-state index in [9.17, 15) is 0 Å². The van der Waals surface area contributed by atoms with Gasteiger partial charge in [-0.3, -0.25) is 4.98 Å². The second-order valence-corrected chi connectivity index (χ2v) is 5.83. The minimum Gasteiger partial charge on any atom is -0.324 e. The van der Waals surface area contributed by atoms with Crippen molar-refractivity contribution in [3.05, 3.63) is 75.9 Å². The number of nitrogens with zero attached hydrogens (tertiary/aromatic N) is 1. The fourth-order valence-electron chi connectivity index (χ4n) is 2.35. The SMILES string of the molecule is NC(Cc1ccc(Cl)c(Cl)c1)c1ccc2cccnc2c1. The summed E-state index contributed by atoms with van der Waals surface area (Å²) in [7, 11) is 0. The Morgan fingerprint density at radius 1 is 1.00 bits per heavy atom. The second-order valence-electron chi connectivity index (χ2n) is 5.01. The van der Waals surface area contributed by atoms with E-state index in [0.29, 0.717) is 16.5 Å². The number of fused-ring (bicyclic) bond motifs is 1. The average molecular weight is 317 g/mol. The lowest BCUT2D eigenvalue weighted by Gasteiger charge is -2.13. The molecular weight excluding hydrogens is 303 g/mol. The quantitative estimate of drug-likeness (QED) is 0.755. The highest BCUT2D eigenvalue weighted by atomic mass is 35.5. The zero-order valence-corrected chi connectivity index (χ0v) is 12.8. The van der Waals surface area contributed by atoms with Gasteiger partial charge in [-0.05, 0) is 41.8 Å². The molecule has 1 unspecified atom stereocenters. The highest BCUT2D eigenvalue weighted by Crippen LogP contribution is 2.25. The van der Waals surface area contributed by atoms with Crippen molar-refractivity contribution in [2.24, 2.45) is 5.73 Å². The number of benzene rings is 2. The van der Waals surface area contributed by atoms with E-state index in [4.69, 9.17) is 28.9 Å². The zero-order chi connectivity index (χ0) is 14.8. The van der Waals surface area contributed by atoms with Crippen molar-refractivity contribution in [2.45, 2.75) is 12.5 Å². The van der Waals surface area contributed by atoms with Gasteiger partial charge in [0.1, 0.15) is 0 Å². The van der Waals surface area contributed by atoms with Crippen LogP contribution >= 0.6 is 23.2 Å². The Bertz CT molecular complexity index is 787. The van der Waals surface area contributed by atoms with Crippen LogP contribution in [0.25, 0.3) is 10.9 Å². The van der Waals surface area contributed by atoms with E-state index in [2.05, 4.69) is 4.98 Å². The molecule has 0 spiro atoms. The lowest BCUT2D eigenvalue weighted by atomic mass is 9.98. The Morgan fingerprint density at radius 3 is 2.67 bits per heavy atom. The Morgan fingerprint density at radius 2 is 1.86 bits per heavy atom. The highest BCUT2D eigenvalue weighted by molar-refractivity contribution is 6.42. The third-order valence-electron chi connectivity index (χ3n) is 3.50. The van der Waals surface area contributed by atoms with Crippen LogP contribution in [0.1, 0.15) is 17.2 Å². The van der Waals surface area contributed by atoms with Crippen molar-refractivity contribution >= 4 is 34.1 Å². The Labute approximate surface area is 133 Å². The summed E-state index contributed by atoms with van der Waals surface area (Å²) in [6.07, 6.45) is 2.49. The maximum Gasteiger partial charge on any atom is 0.0705 e. The average Bonchev–Trinajstić information content (AvgIpc) is 2.50. The van der Waals surface area contributed by atoms with Crippen LogP contribution in [0.3, 0.4) is 0 Å². The van der Waals surface area contributed by atoms with Gasteiger partial charge in [0.05, 0.1) is 15.6 Å². The number of pyridine rings is 1. The van der Waals surface area contributed by atoms with Gasteiger partial charge in [-0.15, -0.1) is 0 Å². The molecule has 3 rings (SSSR count). The van der Waals surface area contributed by atoms with Crippen LogP contribution in [0.4, 0.5) is 0 Å². The van der Waals surface area contributed by atoms with Crippen molar-refractivity contribution in [2.75, 3.05) is 0 Å². The lowest BCUT2D eigenvalue weighted by molar-refractivity contribution is 0.723. The number of hydrogen-bond acceptors (Lipinski definition) is 2. The Balaban J connectivity index is 1.85. The fraction of sp³-hybridized carbons (Fsp3) is 0.118. The van der Waals surface area contributed by atoms with E-state index >= 15 is 0 Å². The van der Waals surface area contributed by atoms with Crippen LogP contribution in [0, 0.1) is 0 Å². The molecule has 0 fully saturated rings. The van der Waals surface area contributed by atoms with E-state index < -0.39 is 0 Å². The van der Waals surface area contributed by atoms with Gasteiger partial charge < -0.3 is 5.73 Å². The third kappa shape index (κ3) is 3.18. The van der Waals surface area contributed by atoms with Gasteiger partial charge in [0.2, 0.25) is 0 Å². The molecule has 0 aliphatic rings. The van der Waals surface area contributed by atoms with Crippen molar-refractivity contribution < 1.29 is 0 Å². The molecule has 0 bridgehead atoms. The molecule has 1 aromatic heterocycles. The van der Waals surface area contributed by atoms with Crippen LogP contribution in [0.15, 0.2) is 54.7 Å². The summed E-state index contributed by atoms with van der Waals surface area (Å²) in [5.41, 5.74) is 9.39. The van der Waals surface area contributed by atoms with Gasteiger partial charge in [-0.1, -0.05) is 47.5 Å². The Kier molecular flexibility index (Phi) is 4.11. The lowest BCUT2D eigenvalue weighted by Crippen LogP contribution is -2.13. The second kappa shape index (κ2) is 6.02. The van der Waals surface area contributed by atoms with Crippen molar-refractivity contribution in [3.8, 4) is 0 Å². The van der Waals surface area contributed by atoms with Gasteiger partial charge >= 0.3 is 0 Å². The van der Waals surface area contributed by atoms with Gasteiger partial charge in [-0.25, -0.2) is 0 Å². The van der Waals surface area contributed by atoms with Crippen molar-refractivity contribution in [1.29, 1.82) is 0 Å². The summed E-state index contributed by atoms with van der Waals surface area (Å²) >= 11 is 12.0. The molecule has 2 aromatic carbocycles. The number of aromatic nitrogens is 1. The van der Waals surface area contributed by atoms with Crippen LogP contribution < -0.4 is 5.73 Å². The molecule has 106 valence electrons. The normalized spacial score (nSPS) is 12.5. The fourth-order valence-corrected chi connectivity index (χ4v) is 2.67. The third-order valence-corrected chi connectivity index (χ3v) is 4.24. The van der Waals surface area contributed by atoms with Crippen LogP contribution in [0.5, 0.6) is 0 Å². The molecule has 0 amide bonds. The van der Waals surface area contributed by atoms with Crippen molar-refractivity contribution in [1.82, 2.24) is 4.98 Å².